The van der Waals surface area contributed by atoms with Gasteiger partial charge in [0.05, 0.1) is 13.2 Å². The Morgan fingerprint density at radius 3 is 2.88 bits per heavy atom. The number of aryl methyl sites for hydroxylation is 1. The van der Waals surface area contributed by atoms with Crippen LogP contribution in [-0.2, 0) is 4.74 Å². The molecule has 1 N–H and O–H groups in total. The van der Waals surface area contributed by atoms with Crippen LogP contribution in [0.15, 0.2) is 21.5 Å². The van der Waals surface area contributed by atoms with E-state index in [1.54, 1.807) is 17.9 Å². The fourth-order valence-corrected chi connectivity index (χ4v) is 2.59. The number of ether oxygens (including phenoxy) is 1. The Kier molecular flexibility index (Phi) is 4.48. The number of hydrogen-bond donors (Lipinski definition) is 1. The van der Waals surface area contributed by atoms with Crippen molar-refractivity contribution in [2.75, 3.05) is 19.7 Å². The highest BCUT2D eigenvalue weighted by Crippen LogP contribution is 2.24. The highest BCUT2D eigenvalue weighted by atomic mass is 16.5. The summed E-state index contributed by atoms with van der Waals surface area (Å²) in [4.78, 5) is 28.8. The second-order valence-electron chi connectivity index (χ2n) is 6.11. The Bertz CT molecular complexity index is 795. The van der Waals surface area contributed by atoms with E-state index in [1.165, 1.54) is 6.20 Å². The minimum atomic E-state index is -0.481. The van der Waals surface area contributed by atoms with Crippen molar-refractivity contribution in [3.8, 4) is 0 Å². The first kappa shape index (κ1) is 16.4. The van der Waals surface area contributed by atoms with Crippen molar-refractivity contribution < 1.29 is 13.9 Å². The number of nitrogens with zero attached hydrogens (tertiary/aromatic N) is 3. The topological polar surface area (TPSA) is 101 Å². The molecule has 0 saturated carbocycles. The Hall–Kier alpha value is -2.48. The zero-order valence-electron chi connectivity index (χ0n) is 13.9. The van der Waals surface area contributed by atoms with Gasteiger partial charge in [0.2, 0.25) is 11.8 Å². The van der Waals surface area contributed by atoms with Crippen molar-refractivity contribution in [2.45, 2.75) is 32.8 Å². The number of morpholine rings is 1. The van der Waals surface area contributed by atoms with Crippen LogP contribution in [0.5, 0.6) is 0 Å². The van der Waals surface area contributed by atoms with Gasteiger partial charge in [-0.15, -0.1) is 10.2 Å². The van der Waals surface area contributed by atoms with E-state index in [0.717, 1.165) is 0 Å². The largest absolute Gasteiger partial charge is 0.422 e. The molecule has 8 heteroatoms. The van der Waals surface area contributed by atoms with E-state index in [1.807, 2.05) is 13.8 Å². The maximum Gasteiger partial charge on any atom is 0.261 e. The Labute approximate surface area is 138 Å². The highest BCUT2D eigenvalue weighted by molar-refractivity contribution is 5.95. The third kappa shape index (κ3) is 3.09. The summed E-state index contributed by atoms with van der Waals surface area (Å²) in [6.07, 6.45) is 1.05. The Balaban J connectivity index is 1.80. The zero-order valence-corrected chi connectivity index (χ0v) is 13.9. The predicted molar refractivity (Wildman–Crippen MR) is 84.8 cm³/mol. The molecule has 3 rings (SSSR count). The predicted octanol–water partition coefficient (Wildman–Crippen LogP) is 1.40. The summed E-state index contributed by atoms with van der Waals surface area (Å²) in [5.74, 6) is 0.701. The van der Waals surface area contributed by atoms with Gasteiger partial charge in [0.15, 0.2) is 6.10 Å². The summed E-state index contributed by atoms with van der Waals surface area (Å²) in [5, 5.41) is 8.01. The zero-order chi connectivity index (χ0) is 17.3. The molecular weight excluding hydrogens is 312 g/mol. The van der Waals surface area contributed by atoms with Crippen LogP contribution in [0, 0.1) is 6.92 Å². The van der Waals surface area contributed by atoms with E-state index in [0.29, 0.717) is 30.5 Å². The minimum Gasteiger partial charge on any atom is -0.422 e. The van der Waals surface area contributed by atoms with Crippen LogP contribution in [0.2, 0.25) is 0 Å². The van der Waals surface area contributed by atoms with Crippen molar-refractivity contribution in [3.05, 3.63) is 45.5 Å². The number of amides is 1. The van der Waals surface area contributed by atoms with Crippen LogP contribution in [0.25, 0.3) is 0 Å². The van der Waals surface area contributed by atoms with E-state index in [-0.39, 0.29) is 29.5 Å². The van der Waals surface area contributed by atoms with Gasteiger partial charge in [0.25, 0.3) is 11.5 Å². The van der Waals surface area contributed by atoms with E-state index in [9.17, 15) is 9.59 Å². The highest BCUT2D eigenvalue weighted by Gasteiger charge is 2.31. The summed E-state index contributed by atoms with van der Waals surface area (Å²) in [5.41, 5.74) is 0.418. The second kappa shape index (κ2) is 6.56. The molecule has 2 aromatic heterocycles. The average molecular weight is 332 g/mol. The van der Waals surface area contributed by atoms with Gasteiger partial charge in [-0.1, -0.05) is 13.8 Å². The Morgan fingerprint density at radius 1 is 1.42 bits per heavy atom. The molecule has 0 bridgehead atoms. The van der Waals surface area contributed by atoms with Crippen molar-refractivity contribution in [1.82, 2.24) is 20.1 Å². The molecule has 0 aliphatic carbocycles. The minimum absolute atomic E-state index is 0.123. The van der Waals surface area contributed by atoms with Gasteiger partial charge in [0, 0.05) is 18.7 Å². The average Bonchev–Trinajstić information content (AvgIpc) is 3.05. The number of aromatic amines is 1. The van der Waals surface area contributed by atoms with Gasteiger partial charge in [-0.2, -0.15) is 0 Å². The summed E-state index contributed by atoms with van der Waals surface area (Å²) >= 11 is 0. The van der Waals surface area contributed by atoms with Crippen molar-refractivity contribution in [2.24, 2.45) is 0 Å². The van der Waals surface area contributed by atoms with Gasteiger partial charge in [-0.25, -0.2) is 0 Å². The molecule has 1 aliphatic heterocycles. The first-order chi connectivity index (χ1) is 11.5. The fourth-order valence-electron chi connectivity index (χ4n) is 2.59. The van der Waals surface area contributed by atoms with E-state index in [4.69, 9.17) is 9.15 Å². The molecular formula is C16H20N4O4. The number of aromatic nitrogens is 3. The van der Waals surface area contributed by atoms with Crippen LogP contribution in [0.3, 0.4) is 0 Å². The summed E-state index contributed by atoms with van der Waals surface area (Å²) in [6.45, 7) is 6.69. The second-order valence-corrected chi connectivity index (χ2v) is 6.11. The van der Waals surface area contributed by atoms with Gasteiger partial charge >= 0.3 is 0 Å². The van der Waals surface area contributed by atoms with Gasteiger partial charge in [-0.3, -0.25) is 9.59 Å². The van der Waals surface area contributed by atoms with Crippen LogP contribution in [-0.4, -0.2) is 45.7 Å². The van der Waals surface area contributed by atoms with Crippen molar-refractivity contribution in [1.29, 1.82) is 0 Å². The summed E-state index contributed by atoms with van der Waals surface area (Å²) in [7, 11) is 0. The number of pyridine rings is 1. The monoisotopic (exact) mass is 332 g/mol. The summed E-state index contributed by atoms with van der Waals surface area (Å²) < 4.78 is 11.3. The van der Waals surface area contributed by atoms with Crippen LogP contribution >= 0.6 is 0 Å². The molecule has 0 spiro atoms. The third-order valence-corrected chi connectivity index (χ3v) is 3.96. The fraction of sp³-hybridized carbons (Fsp3) is 0.500. The van der Waals surface area contributed by atoms with E-state index >= 15 is 0 Å². The molecule has 24 heavy (non-hydrogen) atoms. The molecule has 8 nitrogen and oxygen atoms in total. The molecule has 1 amide bonds. The molecule has 0 aromatic carbocycles. The van der Waals surface area contributed by atoms with E-state index in [2.05, 4.69) is 15.2 Å². The standard InChI is InChI=1S/C16H20N4O4/c1-9(2)14-18-19-15(24-14)11-8-20(6-7-23-11)16(22)12-10(3)4-5-17-13(12)21/h4-5,9,11H,6-8H2,1-3H3,(H,17,21)/t11-/m1/s1. The molecule has 128 valence electrons. The van der Waals surface area contributed by atoms with Crippen LogP contribution < -0.4 is 5.56 Å². The van der Waals surface area contributed by atoms with Crippen LogP contribution in [0.4, 0.5) is 0 Å². The molecule has 1 atom stereocenters. The molecule has 0 unspecified atom stereocenters. The molecule has 1 fully saturated rings. The van der Waals surface area contributed by atoms with Crippen molar-refractivity contribution in [3.63, 3.8) is 0 Å². The number of hydrogen-bond acceptors (Lipinski definition) is 6. The van der Waals surface area contributed by atoms with Crippen LogP contribution in [0.1, 0.15) is 53.6 Å². The van der Waals surface area contributed by atoms with Gasteiger partial charge < -0.3 is 19.0 Å². The SMILES string of the molecule is Cc1cc[nH]c(=O)c1C(=O)N1CCO[C@@H](c2nnc(C(C)C)o2)C1. The number of H-pyrrole nitrogens is 1. The quantitative estimate of drug-likeness (QED) is 0.912. The maximum absolute atomic E-state index is 12.7. The first-order valence-electron chi connectivity index (χ1n) is 7.90. The first-order valence-corrected chi connectivity index (χ1v) is 7.90. The molecule has 1 saturated heterocycles. The van der Waals surface area contributed by atoms with Gasteiger partial charge in [-0.05, 0) is 18.6 Å². The Morgan fingerprint density at radius 2 is 2.21 bits per heavy atom. The molecule has 3 heterocycles. The molecule has 0 radical (unpaired) electrons. The smallest absolute Gasteiger partial charge is 0.261 e. The molecule has 1 aliphatic rings. The normalized spacial score (nSPS) is 18.2. The van der Waals surface area contributed by atoms with Gasteiger partial charge in [0.1, 0.15) is 5.56 Å². The van der Waals surface area contributed by atoms with Crippen molar-refractivity contribution >= 4 is 5.91 Å². The maximum atomic E-state index is 12.7. The van der Waals surface area contributed by atoms with E-state index < -0.39 is 6.10 Å². The molecule has 2 aromatic rings. The lowest BCUT2D eigenvalue weighted by Crippen LogP contribution is -2.44. The number of nitrogens with one attached hydrogen (secondary N) is 1. The number of carbonyl (C=O) groups excluding carboxylic acids is 1. The lowest BCUT2D eigenvalue weighted by atomic mass is 10.1. The summed E-state index contributed by atoms with van der Waals surface area (Å²) in [6, 6.07) is 1.71. The number of rotatable bonds is 3. The lowest BCUT2D eigenvalue weighted by Gasteiger charge is -2.31. The lowest BCUT2D eigenvalue weighted by molar-refractivity contribution is -0.0351. The number of carbonyl (C=O) groups is 1. The third-order valence-electron chi connectivity index (χ3n) is 3.96.